The second-order valence-electron chi connectivity index (χ2n) is 7.30. The van der Waals surface area contributed by atoms with Gasteiger partial charge >= 0.3 is 0 Å². The highest BCUT2D eigenvalue weighted by molar-refractivity contribution is 7.89. The van der Waals surface area contributed by atoms with Crippen molar-refractivity contribution in [1.82, 2.24) is 19.6 Å². The fourth-order valence-corrected chi connectivity index (χ4v) is 4.61. The molecule has 2 atom stereocenters. The van der Waals surface area contributed by atoms with Crippen LogP contribution in [0.4, 0.5) is 8.78 Å². The number of hydrogen-bond acceptors (Lipinski definition) is 4. The Morgan fingerprint density at radius 2 is 2.11 bits per heavy atom. The molecule has 0 saturated carbocycles. The van der Waals surface area contributed by atoms with Crippen LogP contribution >= 0.6 is 0 Å². The van der Waals surface area contributed by atoms with Crippen molar-refractivity contribution in [3.63, 3.8) is 0 Å². The van der Waals surface area contributed by atoms with Gasteiger partial charge in [-0.1, -0.05) is 19.9 Å². The minimum absolute atomic E-state index is 0.0437. The molecule has 1 aromatic carbocycles. The van der Waals surface area contributed by atoms with Crippen molar-refractivity contribution in [3.8, 4) is 0 Å². The molecule has 2 heterocycles. The fraction of sp³-hybridized carbons (Fsp3) is 0.500. The molecule has 1 aliphatic rings. The largest absolute Gasteiger partial charge is 0.336 e. The summed E-state index contributed by atoms with van der Waals surface area (Å²) >= 11 is 0. The lowest BCUT2D eigenvalue weighted by Gasteiger charge is -2.32. The van der Waals surface area contributed by atoms with Gasteiger partial charge in [-0.2, -0.15) is 0 Å². The first-order chi connectivity index (χ1) is 12.8. The lowest BCUT2D eigenvalue weighted by Crippen LogP contribution is -2.50. The lowest BCUT2D eigenvalue weighted by molar-refractivity contribution is 0.376. The van der Waals surface area contributed by atoms with Gasteiger partial charge in [-0.25, -0.2) is 26.9 Å². The van der Waals surface area contributed by atoms with E-state index in [2.05, 4.69) is 15.0 Å². The molecule has 1 fully saturated rings. The number of nitrogens with one attached hydrogen (secondary N) is 2. The summed E-state index contributed by atoms with van der Waals surface area (Å²) in [4.78, 5) is 4.01. The van der Waals surface area contributed by atoms with Gasteiger partial charge in [0.1, 0.15) is 0 Å². The van der Waals surface area contributed by atoms with Crippen LogP contribution in [0.15, 0.2) is 35.7 Å². The molecular weight excluding hydrogens is 374 g/mol. The average Bonchev–Trinajstić information content (AvgIpc) is 3.06. The summed E-state index contributed by atoms with van der Waals surface area (Å²) in [5, 5.41) is 3.10. The quantitative estimate of drug-likeness (QED) is 0.783. The molecule has 1 saturated heterocycles. The summed E-state index contributed by atoms with van der Waals surface area (Å²) in [7, 11) is -3.82. The van der Waals surface area contributed by atoms with E-state index >= 15 is 0 Å². The summed E-state index contributed by atoms with van der Waals surface area (Å²) in [5.74, 6) is -1.74. The van der Waals surface area contributed by atoms with Crippen LogP contribution in [0.25, 0.3) is 0 Å². The second-order valence-corrected chi connectivity index (χ2v) is 8.96. The Kier molecular flexibility index (Phi) is 5.92. The van der Waals surface area contributed by atoms with Gasteiger partial charge in [0.2, 0.25) is 0 Å². The monoisotopic (exact) mass is 398 g/mol. The number of benzene rings is 1. The maximum absolute atomic E-state index is 13.6. The van der Waals surface area contributed by atoms with Gasteiger partial charge in [-0.15, -0.1) is 0 Å². The third kappa shape index (κ3) is 4.72. The van der Waals surface area contributed by atoms with Crippen LogP contribution in [0.2, 0.25) is 0 Å². The smallest absolute Gasteiger partial charge is 0.259 e. The average molecular weight is 398 g/mol. The molecule has 0 amide bonds. The molecular formula is C18H24F2N4O2S. The van der Waals surface area contributed by atoms with Crippen molar-refractivity contribution in [3.05, 3.63) is 47.9 Å². The Labute approximate surface area is 158 Å². The molecule has 0 bridgehead atoms. The lowest BCUT2D eigenvalue weighted by atomic mass is 9.86. The first-order valence-electron chi connectivity index (χ1n) is 8.96. The van der Waals surface area contributed by atoms with E-state index in [1.165, 1.54) is 18.6 Å². The van der Waals surface area contributed by atoms with E-state index in [-0.39, 0.29) is 10.9 Å². The predicted octanol–water partition coefficient (Wildman–Crippen LogP) is 2.24. The van der Waals surface area contributed by atoms with Crippen LogP contribution in [0, 0.1) is 17.6 Å². The Morgan fingerprint density at radius 1 is 1.33 bits per heavy atom. The Morgan fingerprint density at radius 3 is 2.81 bits per heavy atom. The minimum atomic E-state index is -3.82. The number of halogens is 2. The maximum Gasteiger partial charge on any atom is 0.259 e. The van der Waals surface area contributed by atoms with Crippen LogP contribution in [0.1, 0.15) is 31.7 Å². The van der Waals surface area contributed by atoms with E-state index < -0.39 is 27.7 Å². The normalized spacial score (nSPS) is 20.9. The van der Waals surface area contributed by atoms with Crippen molar-refractivity contribution >= 4 is 10.0 Å². The zero-order valence-corrected chi connectivity index (χ0v) is 16.1. The van der Waals surface area contributed by atoms with Gasteiger partial charge in [-0.05, 0) is 36.6 Å². The molecule has 3 rings (SSSR count). The summed E-state index contributed by atoms with van der Waals surface area (Å²) in [5.41, 5.74) is 0.577. The molecule has 1 aromatic heterocycles. The highest BCUT2D eigenvalue weighted by atomic mass is 32.2. The SMILES string of the molecule is CC(C)Cn1cnc(S(=O)(=O)NC2CNCCC2c2ccc(F)c(F)c2)c1. The third-order valence-corrected chi connectivity index (χ3v) is 6.00. The van der Waals surface area contributed by atoms with Gasteiger partial charge < -0.3 is 9.88 Å². The molecule has 6 nitrogen and oxygen atoms in total. The maximum atomic E-state index is 13.6. The van der Waals surface area contributed by atoms with E-state index in [1.807, 2.05) is 13.8 Å². The van der Waals surface area contributed by atoms with E-state index in [0.717, 1.165) is 12.1 Å². The molecule has 148 valence electrons. The zero-order valence-electron chi connectivity index (χ0n) is 15.3. The topological polar surface area (TPSA) is 76.0 Å². The van der Waals surface area contributed by atoms with Gasteiger partial charge in [0.15, 0.2) is 16.7 Å². The Hall–Kier alpha value is -1.84. The fourth-order valence-electron chi connectivity index (χ4n) is 3.38. The number of imidazole rings is 1. The predicted molar refractivity (Wildman–Crippen MR) is 97.8 cm³/mol. The number of piperidine rings is 1. The number of sulfonamides is 1. The van der Waals surface area contributed by atoms with Crippen molar-refractivity contribution in [1.29, 1.82) is 0 Å². The van der Waals surface area contributed by atoms with Crippen LogP contribution in [-0.4, -0.2) is 37.1 Å². The van der Waals surface area contributed by atoms with Gasteiger partial charge in [-0.3, -0.25) is 0 Å². The van der Waals surface area contributed by atoms with Gasteiger partial charge in [0, 0.05) is 31.2 Å². The highest BCUT2D eigenvalue weighted by Gasteiger charge is 2.32. The second kappa shape index (κ2) is 8.04. The first kappa shape index (κ1) is 19.9. The van der Waals surface area contributed by atoms with E-state index in [9.17, 15) is 17.2 Å². The first-order valence-corrected chi connectivity index (χ1v) is 10.4. The molecule has 27 heavy (non-hydrogen) atoms. The third-order valence-electron chi connectivity index (χ3n) is 4.62. The molecule has 2 N–H and O–H groups in total. The zero-order chi connectivity index (χ0) is 19.6. The van der Waals surface area contributed by atoms with Crippen molar-refractivity contribution in [2.24, 2.45) is 5.92 Å². The van der Waals surface area contributed by atoms with Crippen molar-refractivity contribution in [2.45, 2.75) is 43.8 Å². The molecule has 0 aliphatic carbocycles. The van der Waals surface area contributed by atoms with Crippen LogP contribution in [-0.2, 0) is 16.6 Å². The Balaban J connectivity index is 1.80. The summed E-state index contributed by atoms with van der Waals surface area (Å²) < 4.78 is 56.8. The standard InChI is InChI=1S/C18H24F2N4O2S/c1-12(2)9-24-10-18(22-11-24)27(25,26)23-17-8-21-6-5-14(17)13-3-4-15(19)16(20)7-13/h3-4,7,10-12,14,17,21,23H,5-6,8-9H2,1-2H3. The van der Waals surface area contributed by atoms with Crippen molar-refractivity contribution < 1.29 is 17.2 Å². The molecule has 0 radical (unpaired) electrons. The van der Waals surface area contributed by atoms with Gasteiger partial charge in [0.05, 0.1) is 6.33 Å². The highest BCUT2D eigenvalue weighted by Crippen LogP contribution is 2.28. The van der Waals surface area contributed by atoms with Crippen LogP contribution < -0.4 is 10.0 Å². The van der Waals surface area contributed by atoms with E-state index in [4.69, 9.17) is 0 Å². The van der Waals surface area contributed by atoms with E-state index in [0.29, 0.717) is 37.5 Å². The number of hydrogen-bond donors (Lipinski definition) is 2. The molecule has 2 aromatic rings. The number of aromatic nitrogens is 2. The molecule has 9 heteroatoms. The summed E-state index contributed by atoms with van der Waals surface area (Å²) in [6.07, 6.45) is 3.62. The summed E-state index contributed by atoms with van der Waals surface area (Å²) in [6.45, 7) is 5.81. The Bertz CT molecular complexity index is 899. The molecule has 1 aliphatic heterocycles. The van der Waals surface area contributed by atoms with Crippen molar-refractivity contribution in [2.75, 3.05) is 13.1 Å². The number of nitrogens with zero attached hydrogens (tertiary/aromatic N) is 2. The molecule has 0 spiro atoms. The van der Waals surface area contributed by atoms with E-state index in [1.54, 1.807) is 4.57 Å². The summed E-state index contributed by atoms with van der Waals surface area (Å²) in [6, 6.07) is 3.24. The number of rotatable bonds is 6. The minimum Gasteiger partial charge on any atom is -0.336 e. The van der Waals surface area contributed by atoms with Crippen LogP contribution in [0.5, 0.6) is 0 Å². The molecule has 2 unspecified atom stereocenters. The van der Waals surface area contributed by atoms with Crippen LogP contribution in [0.3, 0.4) is 0 Å². The van der Waals surface area contributed by atoms with Gasteiger partial charge in [0.25, 0.3) is 10.0 Å².